The van der Waals surface area contributed by atoms with Crippen molar-refractivity contribution in [3.05, 3.63) is 5.82 Å². The topological polar surface area (TPSA) is 78.9 Å². The van der Waals surface area contributed by atoms with E-state index in [1.54, 1.807) is 0 Å². The van der Waals surface area contributed by atoms with Crippen molar-refractivity contribution in [1.82, 2.24) is 15.2 Å². The van der Waals surface area contributed by atoms with Gasteiger partial charge in [0.15, 0.2) is 0 Å². The Morgan fingerprint density at radius 3 is 2.75 bits per heavy atom. The second-order valence-corrected chi connectivity index (χ2v) is 3.80. The number of aromatic amines is 1. The number of aliphatic carboxylic acids is 1. The van der Waals surface area contributed by atoms with Gasteiger partial charge in [0.25, 0.3) is 0 Å². The van der Waals surface area contributed by atoms with Gasteiger partial charge in [0.05, 0.1) is 12.2 Å². The largest absolute Gasteiger partial charge is 0.481 e. The van der Waals surface area contributed by atoms with Gasteiger partial charge in [0, 0.05) is 6.42 Å². The first-order valence-corrected chi connectivity index (χ1v) is 5.18. The molecule has 0 aromatic carbocycles. The van der Waals surface area contributed by atoms with Crippen molar-refractivity contribution >= 4 is 17.7 Å². The van der Waals surface area contributed by atoms with Crippen LogP contribution in [0, 0.1) is 0 Å². The number of carboxylic acids is 1. The second kappa shape index (κ2) is 5.19. The standard InChI is InChI=1S/C7H8F3N3O2S/c8-7(9,10)2-1-4-11-6(13-12-4)16-3-5(14)15/h1-3H2,(H,14,15)(H,11,12,13). The van der Waals surface area contributed by atoms with Gasteiger partial charge in [-0.3, -0.25) is 9.89 Å². The highest BCUT2D eigenvalue weighted by Crippen LogP contribution is 2.21. The SMILES string of the molecule is O=C(O)CSc1n[nH]c(CCC(F)(F)F)n1. The number of alkyl halides is 3. The van der Waals surface area contributed by atoms with Crippen LogP contribution in [-0.2, 0) is 11.2 Å². The zero-order valence-electron chi connectivity index (χ0n) is 7.91. The number of H-pyrrole nitrogens is 1. The summed E-state index contributed by atoms with van der Waals surface area (Å²) in [6, 6.07) is 0. The number of nitrogens with one attached hydrogen (secondary N) is 1. The molecule has 0 aliphatic rings. The molecular weight excluding hydrogens is 247 g/mol. The molecule has 1 heterocycles. The molecule has 0 saturated heterocycles. The molecule has 0 bridgehead atoms. The Balaban J connectivity index is 2.42. The van der Waals surface area contributed by atoms with Crippen molar-refractivity contribution < 1.29 is 23.1 Å². The molecule has 1 rings (SSSR count). The van der Waals surface area contributed by atoms with E-state index in [0.717, 1.165) is 11.8 Å². The minimum Gasteiger partial charge on any atom is -0.481 e. The average molecular weight is 255 g/mol. The van der Waals surface area contributed by atoms with Crippen LogP contribution >= 0.6 is 11.8 Å². The van der Waals surface area contributed by atoms with Crippen LogP contribution in [0.2, 0.25) is 0 Å². The van der Waals surface area contributed by atoms with Crippen LogP contribution in [0.5, 0.6) is 0 Å². The predicted molar refractivity (Wildman–Crippen MR) is 49.1 cm³/mol. The fourth-order valence-corrected chi connectivity index (χ4v) is 1.38. The van der Waals surface area contributed by atoms with Crippen LogP contribution in [0.3, 0.4) is 0 Å². The predicted octanol–water partition coefficient (Wildman–Crippen LogP) is 1.48. The third-order valence-electron chi connectivity index (χ3n) is 1.48. The first kappa shape index (κ1) is 12.8. The average Bonchev–Trinajstić information content (AvgIpc) is 2.58. The van der Waals surface area contributed by atoms with Crippen molar-refractivity contribution in [3.8, 4) is 0 Å². The Kier molecular flexibility index (Phi) is 4.16. The van der Waals surface area contributed by atoms with E-state index in [0.29, 0.717) is 0 Å². The highest BCUT2D eigenvalue weighted by atomic mass is 32.2. The number of hydrogen-bond donors (Lipinski definition) is 2. The van der Waals surface area contributed by atoms with Gasteiger partial charge in [0.2, 0.25) is 5.16 Å². The molecule has 0 radical (unpaired) electrons. The lowest BCUT2D eigenvalue weighted by Crippen LogP contribution is -2.09. The number of halogens is 3. The van der Waals surface area contributed by atoms with Crippen LogP contribution in [0.1, 0.15) is 12.2 Å². The number of rotatable bonds is 5. The van der Waals surface area contributed by atoms with Gasteiger partial charge in [-0.15, -0.1) is 5.10 Å². The van der Waals surface area contributed by atoms with E-state index in [9.17, 15) is 18.0 Å². The summed E-state index contributed by atoms with van der Waals surface area (Å²) in [6.07, 6.45) is -5.50. The maximum absolute atomic E-state index is 11.9. The van der Waals surface area contributed by atoms with Crippen LogP contribution in [-0.4, -0.2) is 38.2 Å². The summed E-state index contributed by atoms with van der Waals surface area (Å²) < 4.78 is 35.6. The first-order chi connectivity index (χ1) is 7.37. The van der Waals surface area contributed by atoms with Crippen molar-refractivity contribution in [3.63, 3.8) is 0 Å². The van der Waals surface area contributed by atoms with Crippen LogP contribution in [0.4, 0.5) is 13.2 Å². The van der Waals surface area contributed by atoms with Crippen LogP contribution < -0.4 is 0 Å². The molecule has 2 N–H and O–H groups in total. The van der Waals surface area contributed by atoms with E-state index in [4.69, 9.17) is 5.11 Å². The summed E-state index contributed by atoms with van der Waals surface area (Å²) in [4.78, 5) is 13.9. The Morgan fingerprint density at radius 1 is 1.50 bits per heavy atom. The van der Waals surface area contributed by atoms with Gasteiger partial charge in [-0.05, 0) is 0 Å². The summed E-state index contributed by atoms with van der Waals surface area (Å²) >= 11 is 0.848. The smallest absolute Gasteiger partial charge is 0.389 e. The van der Waals surface area contributed by atoms with E-state index >= 15 is 0 Å². The molecule has 1 aromatic rings. The van der Waals surface area contributed by atoms with Gasteiger partial charge in [-0.25, -0.2) is 4.98 Å². The highest BCUT2D eigenvalue weighted by Gasteiger charge is 2.27. The molecule has 0 unspecified atom stereocenters. The molecule has 5 nitrogen and oxygen atoms in total. The third-order valence-corrected chi connectivity index (χ3v) is 2.31. The zero-order chi connectivity index (χ0) is 12.2. The summed E-state index contributed by atoms with van der Waals surface area (Å²) in [5, 5.41) is 14.4. The van der Waals surface area contributed by atoms with Crippen molar-refractivity contribution in [1.29, 1.82) is 0 Å². The fourth-order valence-electron chi connectivity index (χ4n) is 0.841. The Bertz CT molecular complexity index is 366. The summed E-state index contributed by atoms with van der Waals surface area (Å²) in [5.41, 5.74) is 0. The third kappa shape index (κ3) is 5.01. The summed E-state index contributed by atoms with van der Waals surface area (Å²) in [6.45, 7) is 0. The lowest BCUT2D eigenvalue weighted by Gasteiger charge is -2.02. The van der Waals surface area contributed by atoms with Crippen molar-refractivity contribution in [2.45, 2.75) is 24.2 Å². The number of carboxylic acid groups (broad SMARTS) is 1. The van der Waals surface area contributed by atoms with Crippen molar-refractivity contribution in [2.75, 3.05) is 5.75 Å². The minimum atomic E-state index is -4.23. The molecule has 1 aromatic heterocycles. The molecule has 90 valence electrons. The molecule has 0 amide bonds. The molecule has 9 heteroatoms. The number of hydrogen-bond acceptors (Lipinski definition) is 4. The van der Waals surface area contributed by atoms with Crippen LogP contribution in [0.25, 0.3) is 0 Å². The molecular formula is C7H8F3N3O2S. The molecule has 0 spiro atoms. The number of aryl methyl sites for hydroxylation is 1. The van der Waals surface area contributed by atoms with E-state index in [1.165, 1.54) is 0 Å². The van der Waals surface area contributed by atoms with E-state index in [2.05, 4.69) is 15.2 Å². The van der Waals surface area contributed by atoms with E-state index in [1.807, 2.05) is 0 Å². The van der Waals surface area contributed by atoms with Gasteiger partial charge in [0.1, 0.15) is 5.82 Å². The second-order valence-electron chi connectivity index (χ2n) is 2.86. The molecule has 16 heavy (non-hydrogen) atoms. The monoisotopic (exact) mass is 255 g/mol. The number of carbonyl (C=O) groups is 1. The Labute approximate surface area is 92.4 Å². The van der Waals surface area contributed by atoms with Crippen molar-refractivity contribution in [2.24, 2.45) is 0 Å². The summed E-state index contributed by atoms with van der Waals surface area (Å²) in [7, 11) is 0. The van der Waals surface area contributed by atoms with Gasteiger partial charge < -0.3 is 5.11 Å². The lowest BCUT2D eigenvalue weighted by atomic mass is 10.3. The first-order valence-electron chi connectivity index (χ1n) is 4.19. The fraction of sp³-hybridized carbons (Fsp3) is 0.571. The molecule has 0 fully saturated rings. The van der Waals surface area contributed by atoms with Gasteiger partial charge in [-0.1, -0.05) is 11.8 Å². The molecule has 0 atom stereocenters. The maximum atomic E-state index is 11.9. The lowest BCUT2D eigenvalue weighted by molar-refractivity contribution is -0.135. The van der Waals surface area contributed by atoms with Gasteiger partial charge in [-0.2, -0.15) is 13.2 Å². The van der Waals surface area contributed by atoms with E-state index in [-0.39, 0.29) is 23.2 Å². The van der Waals surface area contributed by atoms with Gasteiger partial charge >= 0.3 is 12.1 Å². The number of thioether (sulfide) groups is 1. The quantitative estimate of drug-likeness (QED) is 0.779. The minimum absolute atomic E-state index is 0.102. The molecule has 0 aliphatic heterocycles. The Hall–Kier alpha value is -1.25. The molecule has 0 aliphatic carbocycles. The Morgan fingerprint density at radius 2 is 2.19 bits per heavy atom. The zero-order valence-corrected chi connectivity index (χ0v) is 8.73. The number of nitrogens with zero attached hydrogens (tertiary/aromatic N) is 2. The maximum Gasteiger partial charge on any atom is 0.389 e. The van der Waals surface area contributed by atoms with E-state index < -0.39 is 18.6 Å². The normalized spacial score (nSPS) is 11.7. The molecule has 0 saturated carbocycles. The number of aromatic nitrogens is 3. The van der Waals surface area contributed by atoms with Crippen LogP contribution in [0.15, 0.2) is 5.16 Å². The summed E-state index contributed by atoms with van der Waals surface area (Å²) in [5.74, 6) is -1.16. The highest BCUT2D eigenvalue weighted by molar-refractivity contribution is 7.99.